The van der Waals surface area contributed by atoms with Crippen LogP contribution in [0.25, 0.3) is 0 Å². The van der Waals surface area contributed by atoms with Gasteiger partial charge in [0, 0.05) is 27.6 Å². The van der Waals surface area contributed by atoms with Crippen LogP contribution in [0.2, 0.25) is 5.02 Å². The van der Waals surface area contributed by atoms with E-state index in [0.717, 1.165) is 32.9 Å². The van der Waals surface area contributed by atoms with Crippen LogP contribution in [0.4, 0.5) is 0 Å². The van der Waals surface area contributed by atoms with Gasteiger partial charge in [0.25, 0.3) is 0 Å². The van der Waals surface area contributed by atoms with Crippen molar-refractivity contribution in [3.05, 3.63) is 99.0 Å². The van der Waals surface area contributed by atoms with Crippen molar-refractivity contribution in [2.45, 2.75) is 26.1 Å². The molecule has 0 aliphatic rings. The van der Waals surface area contributed by atoms with Crippen LogP contribution in [-0.2, 0) is 13.2 Å². The van der Waals surface area contributed by atoms with Crippen LogP contribution in [0, 0.1) is 0 Å². The van der Waals surface area contributed by atoms with Gasteiger partial charge in [-0.05, 0) is 48.4 Å². The van der Waals surface area contributed by atoms with Crippen molar-refractivity contribution < 1.29 is 4.74 Å². The van der Waals surface area contributed by atoms with Crippen LogP contribution < -0.4 is 10.1 Å². The average molecular weight is 431 g/mol. The minimum absolute atomic E-state index is 0.260. The Bertz CT molecular complexity index is 854. The Morgan fingerprint density at radius 3 is 2.58 bits per heavy atom. The molecule has 26 heavy (non-hydrogen) atoms. The molecule has 3 rings (SSSR count). The van der Waals surface area contributed by atoms with E-state index >= 15 is 0 Å². The molecule has 0 saturated heterocycles. The summed E-state index contributed by atoms with van der Waals surface area (Å²) in [5.41, 5.74) is 3.44. The van der Waals surface area contributed by atoms with Crippen LogP contribution in [-0.4, -0.2) is 0 Å². The molecular weight excluding hydrogens is 410 g/mol. The molecule has 3 aromatic rings. The number of hydrogen-bond donors (Lipinski definition) is 1. The third-order valence-corrected chi connectivity index (χ3v) is 4.93. The van der Waals surface area contributed by atoms with E-state index in [0.29, 0.717) is 6.61 Å². The van der Waals surface area contributed by atoms with E-state index < -0.39 is 0 Å². The lowest BCUT2D eigenvalue weighted by Gasteiger charge is -2.17. The highest BCUT2D eigenvalue weighted by atomic mass is 79.9. The van der Waals surface area contributed by atoms with Crippen LogP contribution in [0.3, 0.4) is 0 Å². The number of benzene rings is 3. The van der Waals surface area contributed by atoms with Crippen molar-refractivity contribution in [2.75, 3.05) is 0 Å². The van der Waals surface area contributed by atoms with Gasteiger partial charge >= 0.3 is 0 Å². The Morgan fingerprint density at radius 1 is 1.00 bits per heavy atom. The summed E-state index contributed by atoms with van der Waals surface area (Å²) in [5, 5.41) is 4.29. The number of halogens is 2. The first-order valence-electron chi connectivity index (χ1n) is 8.56. The van der Waals surface area contributed by atoms with Crippen LogP contribution in [0.1, 0.15) is 29.7 Å². The number of rotatable bonds is 7. The van der Waals surface area contributed by atoms with Crippen molar-refractivity contribution in [3.8, 4) is 5.75 Å². The van der Waals surface area contributed by atoms with Gasteiger partial charge in [-0.25, -0.2) is 0 Å². The summed E-state index contributed by atoms with van der Waals surface area (Å²) >= 11 is 9.60. The number of nitrogens with one attached hydrogen (secondary N) is 1. The molecule has 4 heteroatoms. The zero-order valence-electron chi connectivity index (χ0n) is 14.6. The third kappa shape index (κ3) is 5.34. The Morgan fingerprint density at radius 2 is 1.81 bits per heavy atom. The van der Waals surface area contributed by atoms with E-state index in [1.54, 1.807) is 0 Å². The fourth-order valence-electron chi connectivity index (χ4n) is 2.74. The van der Waals surface area contributed by atoms with Crippen LogP contribution >= 0.6 is 27.5 Å². The predicted octanol–water partition coefficient (Wildman–Crippen LogP) is 6.53. The van der Waals surface area contributed by atoms with Crippen molar-refractivity contribution >= 4 is 27.5 Å². The molecule has 0 radical (unpaired) electrons. The molecule has 0 amide bonds. The van der Waals surface area contributed by atoms with E-state index in [-0.39, 0.29) is 6.04 Å². The van der Waals surface area contributed by atoms with Gasteiger partial charge in [0.15, 0.2) is 0 Å². The monoisotopic (exact) mass is 429 g/mol. The Hall–Kier alpha value is -1.81. The van der Waals surface area contributed by atoms with Gasteiger partial charge in [-0.15, -0.1) is 0 Å². The minimum atomic E-state index is 0.260. The van der Waals surface area contributed by atoms with Crippen LogP contribution in [0.15, 0.2) is 77.3 Å². The average Bonchev–Trinajstić information content (AvgIpc) is 2.66. The Balaban J connectivity index is 1.67. The highest BCUT2D eigenvalue weighted by molar-refractivity contribution is 9.10. The molecule has 2 nitrogen and oxygen atoms in total. The summed E-state index contributed by atoms with van der Waals surface area (Å²) in [4.78, 5) is 0. The molecule has 0 heterocycles. The SMILES string of the molecule is CC(NCc1cc(Br)ccc1OCc1cccc(Cl)c1)c1ccccc1. The maximum atomic E-state index is 6.05. The van der Waals surface area contributed by atoms with Gasteiger partial charge in [0.05, 0.1) is 0 Å². The molecule has 0 spiro atoms. The van der Waals surface area contributed by atoms with Crippen molar-refractivity contribution in [3.63, 3.8) is 0 Å². The van der Waals surface area contributed by atoms with Gasteiger partial charge < -0.3 is 10.1 Å². The lowest BCUT2D eigenvalue weighted by atomic mass is 10.1. The van der Waals surface area contributed by atoms with Gasteiger partial charge in [-0.2, -0.15) is 0 Å². The molecular formula is C22H21BrClNO. The second-order valence-electron chi connectivity index (χ2n) is 6.18. The molecule has 1 unspecified atom stereocenters. The standard InChI is InChI=1S/C22H21BrClNO/c1-16(18-7-3-2-4-8-18)25-14-19-13-20(23)10-11-22(19)26-15-17-6-5-9-21(24)12-17/h2-13,16,25H,14-15H2,1H3. The molecule has 3 aromatic carbocycles. The van der Waals surface area contributed by atoms with Crippen molar-refractivity contribution in [2.24, 2.45) is 0 Å². The first-order valence-corrected chi connectivity index (χ1v) is 9.73. The van der Waals surface area contributed by atoms with Gasteiger partial charge in [0.1, 0.15) is 12.4 Å². The normalized spacial score (nSPS) is 12.0. The lowest BCUT2D eigenvalue weighted by Crippen LogP contribution is -2.18. The number of ether oxygens (including phenoxy) is 1. The first kappa shape index (κ1) is 19.0. The van der Waals surface area contributed by atoms with E-state index in [1.807, 2.05) is 42.5 Å². The summed E-state index contributed by atoms with van der Waals surface area (Å²) in [7, 11) is 0. The molecule has 1 N–H and O–H groups in total. The summed E-state index contributed by atoms with van der Waals surface area (Å²) in [6.07, 6.45) is 0. The zero-order chi connectivity index (χ0) is 18.4. The second-order valence-corrected chi connectivity index (χ2v) is 7.54. The fourth-order valence-corrected chi connectivity index (χ4v) is 3.36. The maximum absolute atomic E-state index is 6.05. The van der Waals surface area contributed by atoms with E-state index in [2.05, 4.69) is 58.5 Å². The first-order chi connectivity index (χ1) is 12.6. The molecule has 1 atom stereocenters. The summed E-state index contributed by atoms with van der Waals surface area (Å²) < 4.78 is 7.09. The summed E-state index contributed by atoms with van der Waals surface area (Å²) in [6, 6.07) is 24.5. The number of hydrogen-bond acceptors (Lipinski definition) is 2. The Labute approximate surface area is 168 Å². The molecule has 0 aliphatic carbocycles. The molecule has 0 saturated carbocycles. The second kappa shape index (κ2) is 9.22. The van der Waals surface area contributed by atoms with E-state index in [1.165, 1.54) is 5.56 Å². The molecule has 0 fully saturated rings. The van der Waals surface area contributed by atoms with E-state index in [9.17, 15) is 0 Å². The van der Waals surface area contributed by atoms with Gasteiger partial charge in [0.2, 0.25) is 0 Å². The zero-order valence-corrected chi connectivity index (χ0v) is 16.9. The van der Waals surface area contributed by atoms with Gasteiger partial charge in [-0.1, -0.05) is 70.0 Å². The largest absolute Gasteiger partial charge is 0.489 e. The van der Waals surface area contributed by atoms with Crippen molar-refractivity contribution in [1.29, 1.82) is 0 Å². The molecule has 0 bridgehead atoms. The topological polar surface area (TPSA) is 21.3 Å². The van der Waals surface area contributed by atoms with E-state index in [4.69, 9.17) is 16.3 Å². The summed E-state index contributed by atoms with van der Waals surface area (Å²) in [5.74, 6) is 0.876. The third-order valence-electron chi connectivity index (χ3n) is 4.20. The van der Waals surface area contributed by atoms with Crippen molar-refractivity contribution in [1.82, 2.24) is 5.32 Å². The predicted molar refractivity (Wildman–Crippen MR) is 112 cm³/mol. The van der Waals surface area contributed by atoms with Crippen LogP contribution in [0.5, 0.6) is 5.75 Å². The van der Waals surface area contributed by atoms with Gasteiger partial charge in [-0.3, -0.25) is 0 Å². The highest BCUT2D eigenvalue weighted by Crippen LogP contribution is 2.25. The fraction of sp³-hybridized carbons (Fsp3) is 0.182. The Kier molecular flexibility index (Phi) is 6.73. The minimum Gasteiger partial charge on any atom is -0.489 e. The highest BCUT2D eigenvalue weighted by Gasteiger charge is 2.09. The molecule has 0 aliphatic heterocycles. The smallest absolute Gasteiger partial charge is 0.124 e. The lowest BCUT2D eigenvalue weighted by molar-refractivity contribution is 0.301. The molecule has 0 aromatic heterocycles. The maximum Gasteiger partial charge on any atom is 0.124 e. The molecule has 134 valence electrons. The summed E-state index contributed by atoms with van der Waals surface area (Å²) in [6.45, 7) is 3.38. The quantitative estimate of drug-likeness (QED) is 0.460.